The third-order valence-electron chi connectivity index (χ3n) is 4.14. The van der Waals surface area contributed by atoms with Crippen molar-refractivity contribution in [1.82, 2.24) is 14.2 Å². The van der Waals surface area contributed by atoms with Crippen molar-refractivity contribution < 1.29 is 13.5 Å². The van der Waals surface area contributed by atoms with Gasteiger partial charge >= 0.3 is 0 Å². The molecule has 1 aliphatic rings. The van der Waals surface area contributed by atoms with Crippen LogP contribution in [0, 0.1) is 0 Å². The number of hydrogen-bond acceptors (Lipinski definition) is 4. The minimum absolute atomic E-state index is 0.170. The van der Waals surface area contributed by atoms with Crippen LogP contribution in [-0.2, 0) is 23.7 Å². The first-order valence-electron chi connectivity index (χ1n) is 7.44. The Morgan fingerprint density at radius 1 is 1.33 bits per heavy atom. The first-order valence-corrected chi connectivity index (χ1v) is 8.92. The predicted molar refractivity (Wildman–Crippen MR) is 81.4 cm³/mol. The quantitative estimate of drug-likeness (QED) is 0.809. The van der Waals surface area contributed by atoms with Gasteiger partial charge in [0.2, 0.25) is 10.0 Å². The maximum atomic E-state index is 12.3. The maximum absolute atomic E-state index is 12.3. The number of piperidine rings is 1. The number of rotatable bonds is 6. The van der Waals surface area contributed by atoms with E-state index < -0.39 is 10.0 Å². The van der Waals surface area contributed by atoms with Gasteiger partial charge in [0.15, 0.2) is 0 Å². The van der Waals surface area contributed by atoms with Crippen LogP contribution >= 0.6 is 0 Å². The van der Waals surface area contributed by atoms with Crippen molar-refractivity contribution in [2.75, 3.05) is 19.6 Å². The number of aliphatic hydroxyl groups is 1. The number of nitrogens with one attached hydrogen (secondary N) is 1. The largest absolute Gasteiger partial charge is 0.390 e. The lowest BCUT2D eigenvalue weighted by atomic mass is 10.1. The lowest BCUT2D eigenvalue weighted by Gasteiger charge is -2.32. The smallest absolute Gasteiger partial charge is 0.242 e. The average Bonchev–Trinajstić information content (AvgIpc) is 2.88. The number of hydrogen-bond donors (Lipinski definition) is 2. The van der Waals surface area contributed by atoms with E-state index in [9.17, 15) is 8.42 Å². The third-order valence-corrected chi connectivity index (χ3v) is 5.53. The topological polar surface area (TPSA) is 74.6 Å². The van der Waals surface area contributed by atoms with E-state index in [1.54, 1.807) is 11.6 Å². The van der Waals surface area contributed by atoms with Crippen LogP contribution in [0.4, 0.5) is 0 Å². The fraction of sp³-hybridized carbons (Fsp3) is 0.714. The van der Waals surface area contributed by atoms with Gasteiger partial charge in [-0.2, -0.15) is 0 Å². The summed E-state index contributed by atoms with van der Waals surface area (Å²) in [6.45, 7) is 4.38. The molecule has 6 nitrogen and oxygen atoms in total. The van der Waals surface area contributed by atoms with Gasteiger partial charge < -0.3 is 9.67 Å². The highest BCUT2D eigenvalue weighted by Gasteiger charge is 2.21. The predicted octanol–water partition coefficient (Wildman–Crippen LogP) is 0.670. The Morgan fingerprint density at radius 2 is 2.00 bits per heavy atom. The molecule has 0 saturated carbocycles. The van der Waals surface area contributed by atoms with E-state index in [0.29, 0.717) is 12.2 Å². The van der Waals surface area contributed by atoms with Crippen LogP contribution in [0.2, 0.25) is 0 Å². The van der Waals surface area contributed by atoms with E-state index in [4.69, 9.17) is 5.11 Å². The first kappa shape index (κ1) is 16.5. The van der Waals surface area contributed by atoms with Gasteiger partial charge in [0, 0.05) is 31.5 Å². The van der Waals surface area contributed by atoms with Gasteiger partial charge in [-0.25, -0.2) is 13.1 Å². The summed E-state index contributed by atoms with van der Waals surface area (Å²) in [7, 11) is -1.79. The highest BCUT2D eigenvalue weighted by atomic mass is 32.2. The molecule has 1 aromatic heterocycles. The zero-order valence-corrected chi connectivity index (χ0v) is 13.6. The molecular formula is C14H25N3O3S. The molecule has 2 N–H and O–H groups in total. The molecular weight excluding hydrogens is 290 g/mol. The second-order valence-electron chi connectivity index (χ2n) is 5.73. The number of aliphatic hydroxyl groups excluding tert-OH is 1. The number of aryl methyl sites for hydroxylation is 1. The van der Waals surface area contributed by atoms with Crippen molar-refractivity contribution in [2.45, 2.75) is 43.7 Å². The van der Waals surface area contributed by atoms with Gasteiger partial charge in [-0.3, -0.25) is 4.90 Å². The summed E-state index contributed by atoms with van der Waals surface area (Å²) in [5, 5.41) is 9.14. The Labute approximate surface area is 126 Å². The lowest BCUT2D eigenvalue weighted by molar-refractivity contribution is 0.175. The molecule has 7 heteroatoms. The first-order chi connectivity index (χ1) is 9.94. The molecule has 21 heavy (non-hydrogen) atoms. The van der Waals surface area contributed by atoms with E-state index in [1.807, 2.05) is 0 Å². The molecule has 0 radical (unpaired) electrons. The fourth-order valence-electron chi connectivity index (χ4n) is 2.68. The Morgan fingerprint density at radius 3 is 2.57 bits per heavy atom. The number of nitrogens with zero attached hydrogens (tertiary/aromatic N) is 2. The Bertz CT molecular complexity index is 562. The summed E-state index contributed by atoms with van der Waals surface area (Å²) < 4.78 is 28.9. The summed E-state index contributed by atoms with van der Waals surface area (Å²) in [6, 6.07) is 1.70. The number of aromatic nitrogens is 1. The van der Waals surface area contributed by atoms with Crippen molar-refractivity contribution in [3.8, 4) is 0 Å². The van der Waals surface area contributed by atoms with Gasteiger partial charge in [-0.05, 0) is 38.9 Å². The summed E-state index contributed by atoms with van der Waals surface area (Å²) in [5.41, 5.74) is 0.583. The lowest BCUT2D eigenvalue weighted by Crippen LogP contribution is -2.44. The van der Waals surface area contributed by atoms with E-state index >= 15 is 0 Å². The van der Waals surface area contributed by atoms with Crippen molar-refractivity contribution in [2.24, 2.45) is 7.05 Å². The molecule has 1 unspecified atom stereocenters. The molecule has 0 aliphatic carbocycles. The van der Waals surface area contributed by atoms with Gasteiger partial charge in [-0.1, -0.05) is 6.42 Å². The summed E-state index contributed by atoms with van der Waals surface area (Å²) in [5.74, 6) is 0. The van der Waals surface area contributed by atoms with Crippen LogP contribution in [0.1, 0.15) is 31.9 Å². The monoisotopic (exact) mass is 315 g/mol. The van der Waals surface area contributed by atoms with Gasteiger partial charge in [0.1, 0.15) is 0 Å². The Kier molecular flexibility index (Phi) is 5.43. The fourth-order valence-corrected chi connectivity index (χ4v) is 3.90. The van der Waals surface area contributed by atoms with Crippen LogP contribution in [0.3, 0.4) is 0 Å². The summed E-state index contributed by atoms with van der Waals surface area (Å²) in [6.07, 6.45) is 5.17. The average molecular weight is 315 g/mol. The summed E-state index contributed by atoms with van der Waals surface area (Å²) >= 11 is 0. The Hall–Kier alpha value is -0.890. The van der Waals surface area contributed by atoms with Gasteiger partial charge in [-0.15, -0.1) is 0 Å². The number of sulfonamides is 1. The molecule has 0 aromatic carbocycles. The molecule has 2 heterocycles. The van der Waals surface area contributed by atoms with Crippen LogP contribution < -0.4 is 4.72 Å². The second-order valence-corrected chi connectivity index (χ2v) is 7.50. The van der Waals surface area contributed by atoms with E-state index in [0.717, 1.165) is 13.1 Å². The third kappa shape index (κ3) is 4.06. The molecule has 0 bridgehead atoms. The Balaban J connectivity index is 1.96. The van der Waals surface area contributed by atoms with Crippen molar-refractivity contribution in [3.05, 3.63) is 18.0 Å². The highest BCUT2D eigenvalue weighted by molar-refractivity contribution is 7.89. The van der Waals surface area contributed by atoms with E-state index in [-0.39, 0.29) is 17.5 Å². The standard InChI is InChI=1S/C14H25N3O3S/c1-12(17-6-4-3-5-7-17)9-15-21(19,20)14-8-13(11-18)16(2)10-14/h8,10,12,15,18H,3-7,9,11H2,1-2H3. The van der Waals surface area contributed by atoms with Crippen LogP contribution in [-0.4, -0.2) is 48.7 Å². The van der Waals surface area contributed by atoms with E-state index in [2.05, 4.69) is 16.5 Å². The zero-order valence-electron chi connectivity index (χ0n) is 12.7. The van der Waals surface area contributed by atoms with Crippen LogP contribution in [0.5, 0.6) is 0 Å². The molecule has 0 spiro atoms. The van der Waals surface area contributed by atoms with Crippen LogP contribution in [0.25, 0.3) is 0 Å². The van der Waals surface area contributed by atoms with Gasteiger partial charge in [0.25, 0.3) is 0 Å². The second kappa shape index (κ2) is 6.91. The molecule has 1 saturated heterocycles. The minimum atomic E-state index is -3.51. The molecule has 1 aromatic rings. The molecule has 120 valence electrons. The highest BCUT2D eigenvalue weighted by Crippen LogP contribution is 2.15. The molecule has 1 atom stereocenters. The molecule has 1 fully saturated rings. The molecule has 1 aliphatic heterocycles. The van der Waals surface area contributed by atoms with Crippen molar-refractivity contribution >= 4 is 10.0 Å². The normalized spacial score (nSPS) is 18.8. The maximum Gasteiger partial charge on any atom is 0.242 e. The minimum Gasteiger partial charge on any atom is -0.390 e. The molecule has 2 rings (SSSR count). The number of likely N-dealkylation sites (tertiary alicyclic amines) is 1. The zero-order chi connectivity index (χ0) is 15.5. The van der Waals surface area contributed by atoms with Crippen molar-refractivity contribution in [1.29, 1.82) is 0 Å². The van der Waals surface area contributed by atoms with Gasteiger partial charge in [0.05, 0.1) is 11.5 Å². The van der Waals surface area contributed by atoms with Crippen molar-refractivity contribution in [3.63, 3.8) is 0 Å². The van der Waals surface area contributed by atoms with E-state index in [1.165, 1.54) is 31.5 Å². The van der Waals surface area contributed by atoms with Crippen LogP contribution in [0.15, 0.2) is 17.2 Å². The SMILES string of the molecule is CC(CNS(=O)(=O)c1cc(CO)n(C)c1)N1CCCCC1. The summed E-state index contributed by atoms with van der Waals surface area (Å²) in [4.78, 5) is 2.54. The molecule has 0 amide bonds.